The van der Waals surface area contributed by atoms with Crippen LogP contribution in [0.5, 0.6) is 0 Å². The third kappa shape index (κ3) is 2.23. The van der Waals surface area contributed by atoms with E-state index < -0.39 is 0 Å². The van der Waals surface area contributed by atoms with Gasteiger partial charge in [0.05, 0.1) is 34.6 Å². The van der Waals surface area contributed by atoms with E-state index in [-0.39, 0.29) is 0 Å². The largest absolute Gasteiger partial charge is 0.235 e. The zero-order valence-electron chi connectivity index (χ0n) is 12.1. The van der Waals surface area contributed by atoms with Crippen molar-refractivity contribution in [3.63, 3.8) is 0 Å². The van der Waals surface area contributed by atoms with Crippen LogP contribution in [-0.4, -0.2) is 19.7 Å². The molecule has 4 rings (SSSR count). The minimum Gasteiger partial charge on any atom is -0.235 e. The monoisotopic (exact) mass is 297 g/mol. The van der Waals surface area contributed by atoms with Gasteiger partial charge in [0.2, 0.25) is 0 Å². The lowest BCUT2D eigenvalue weighted by Crippen LogP contribution is -1.97. The Morgan fingerprint density at radius 2 is 1.70 bits per heavy atom. The number of hydrogen-bond acceptors (Lipinski definition) is 4. The molecule has 0 radical (unpaired) electrons. The number of aromatic nitrogens is 4. The molecular formula is C18H11N5. The number of rotatable bonds is 2. The summed E-state index contributed by atoms with van der Waals surface area (Å²) in [5.74, 6) is 0. The van der Waals surface area contributed by atoms with E-state index >= 15 is 0 Å². The predicted molar refractivity (Wildman–Crippen MR) is 86.8 cm³/mol. The Hall–Kier alpha value is -3.52. The molecular weight excluding hydrogens is 286 g/mol. The standard InChI is InChI=1S/C18H11N5/c19-10-13-6-8-14(9-7-13)17-16-11-22-23(18(16)21-12-20-17)15-4-2-1-3-5-15/h1-9,11-12H. The maximum Gasteiger partial charge on any atom is 0.166 e. The van der Waals surface area contributed by atoms with Gasteiger partial charge in [-0.1, -0.05) is 30.3 Å². The number of fused-ring (bicyclic) bond motifs is 1. The van der Waals surface area contributed by atoms with Gasteiger partial charge in [-0.2, -0.15) is 10.4 Å². The lowest BCUT2D eigenvalue weighted by molar-refractivity contribution is 0.895. The summed E-state index contributed by atoms with van der Waals surface area (Å²) in [7, 11) is 0. The average molecular weight is 297 g/mol. The Morgan fingerprint density at radius 1 is 0.913 bits per heavy atom. The van der Waals surface area contributed by atoms with Gasteiger partial charge in [-0.3, -0.25) is 0 Å². The van der Waals surface area contributed by atoms with Gasteiger partial charge in [0.25, 0.3) is 0 Å². The fraction of sp³-hybridized carbons (Fsp3) is 0. The Balaban J connectivity index is 1.89. The number of nitrogens with zero attached hydrogens (tertiary/aromatic N) is 5. The first-order chi connectivity index (χ1) is 11.4. The second kappa shape index (κ2) is 5.35. The highest BCUT2D eigenvalue weighted by atomic mass is 15.3. The molecule has 2 aromatic carbocycles. The van der Waals surface area contributed by atoms with Gasteiger partial charge >= 0.3 is 0 Å². The molecule has 108 valence electrons. The first-order valence-corrected chi connectivity index (χ1v) is 7.11. The van der Waals surface area contributed by atoms with Gasteiger partial charge in [0.1, 0.15) is 6.33 Å². The van der Waals surface area contributed by atoms with E-state index in [1.165, 1.54) is 6.33 Å². The first kappa shape index (κ1) is 13.2. The van der Waals surface area contributed by atoms with Crippen molar-refractivity contribution in [2.24, 2.45) is 0 Å². The molecule has 2 heterocycles. The molecule has 0 saturated carbocycles. The minimum atomic E-state index is 0.624. The van der Waals surface area contributed by atoms with E-state index in [2.05, 4.69) is 21.1 Å². The highest BCUT2D eigenvalue weighted by Gasteiger charge is 2.12. The Bertz CT molecular complexity index is 1010. The summed E-state index contributed by atoms with van der Waals surface area (Å²) in [4.78, 5) is 8.77. The van der Waals surface area contributed by atoms with Crippen LogP contribution >= 0.6 is 0 Å². The third-order valence-corrected chi connectivity index (χ3v) is 3.65. The summed E-state index contributed by atoms with van der Waals surface area (Å²) in [5, 5.41) is 14.2. The van der Waals surface area contributed by atoms with Crippen molar-refractivity contribution in [2.45, 2.75) is 0 Å². The number of nitriles is 1. The van der Waals surface area contributed by atoms with Crippen LogP contribution in [0.4, 0.5) is 0 Å². The molecule has 0 aliphatic heterocycles. The third-order valence-electron chi connectivity index (χ3n) is 3.65. The second-order valence-corrected chi connectivity index (χ2v) is 5.04. The maximum absolute atomic E-state index is 8.91. The van der Waals surface area contributed by atoms with Crippen molar-refractivity contribution in [3.05, 3.63) is 72.7 Å². The van der Waals surface area contributed by atoms with E-state index in [1.807, 2.05) is 42.5 Å². The van der Waals surface area contributed by atoms with Crippen LogP contribution in [0.3, 0.4) is 0 Å². The molecule has 4 aromatic rings. The molecule has 5 heteroatoms. The van der Waals surface area contributed by atoms with Crippen molar-refractivity contribution in [1.82, 2.24) is 19.7 Å². The highest BCUT2D eigenvalue weighted by molar-refractivity contribution is 5.90. The quantitative estimate of drug-likeness (QED) is 0.569. The zero-order chi connectivity index (χ0) is 15.6. The van der Waals surface area contributed by atoms with Crippen molar-refractivity contribution in [2.75, 3.05) is 0 Å². The second-order valence-electron chi connectivity index (χ2n) is 5.04. The van der Waals surface area contributed by atoms with Gasteiger partial charge in [0, 0.05) is 5.56 Å². The molecule has 0 bridgehead atoms. The topological polar surface area (TPSA) is 67.4 Å². The van der Waals surface area contributed by atoms with Crippen LogP contribution in [0, 0.1) is 11.3 Å². The molecule has 0 spiro atoms. The summed E-state index contributed by atoms with van der Waals surface area (Å²) in [6.45, 7) is 0. The first-order valence-electron chi connectivity index (χ1n) is 7.11. The van der Waals surface area contributed by atoms with Gasteiger partial charge in [-0.15, -0.1) is 0 Å². The fourth-order valence-electron chi connectivity index (χ4n) is 2.53. The summed E-state index contributed by atoms with van der Waals surface area (Å²) >= 11 is 0. The van der Waals surface area contributed by atoms with Gasteiger partial charge in [-0.25, -0.2) is 14.6 Å². The molecule has 0 saturated heterocycles. The molecule has 0 aliphatic rings. The van der Waals surface area contributed by atoms with Crippen LogP contribution in [0.2, 0.25) is 0 Å². The van der Waals surface area contributed by atoms with Gasteiger partial charge in [0.15, 0.2) is 5.65 Å². The molecule has 0 atom stereocenters. The highest BCUT2D eigenvalue weighted by Crippen LogP contribution is 2.26. The lowest BCUT2D eigenvalue weighted by Gasteiger charge is -2.04. The van der Waals surface area contributed by atoms with E-state index in [0.29, 0.717) is 5.56 Å². The van der Waals surface area contributed by atoms with Crippen molar-refractivity contribution in [3.8, 4) is 23.0 Å². The number of benzene rings is 2. The SMILES string of the molecule is N#Cc1ccc(-c2ncnc3c2cnn3-c2ccccc2)cc1. The Kier molecular flexibility index (Phi) is 3.06. The van der Waals surface area contributed by atoms with Crippen LogP contribution in [-0.2, 0) is 0 Å². The summed E-state index contributed by atoms with van der Waals surface area (Å²) < 4.78 is 1.80. The molecule has 0 fully saturated rings. The molecule has 23 heavy (non-hydrogen) atoms. The van der Waals surface area contributed by atoms with Crippen LogP contribution < -0.4 is 0 Å². The fourth-order valence-corrected chi connectivity index (χ4v) is 2.53. The summed E-state index contributed by atoms with van der Waals surface area (Å²) in [5.41, 5.74) is 4.07. The zero-order valence-corrected chi connectivity index (χ0v) is 12.1. The summed E-state index contributed by atoms with van der Waals surface area (Å²) in [6.07, 6.45) is 3.31. The van der Waals surface area contributed by atoms with Crippen molar-refractivity contribution < 1.29 is 0 Å². The molecule has 0 N–H and O–H groups in total. The minimum absolute atomic E-state index is 0.624. The lowest BCUT2D eigenvalue weighted by atomic mass is 10.1. The van der Waals surface area contributed by atoms with Crippen molar-refractivity contribution in [1.29, 1.82) is 5.26 Å². The Morgan fingerprint density at radius 3 is 2.43 bits per heavy atom. The van der Waals surface area contributed by atoms with Crippen LogP contribution in [0.1, 0.15) is 5.56 Å². The molecule has 2 aromatic heterocycles. The normalized spacial score (nSPS) is 10.6. The van der Waals surface area contributed by atoms with Crippen LogP contribution in [0.25, 0.3) is 28.0 Å². The number of para-hydroxylation sites is 1. The van der Waals surface area contributed by atoms with E-state index in [0.717, 1.165) is 28.0 Å². The predicted octanol–water partition coefficient (Wildman–Crippen LogP) is 3.35. The number of hydrogen-bond donors (Lipinski definition) is 0. The van der Waals surface area contributed by atoms with Crippen molar-refractivity contribution >= 4 is 11.0 Å². The van der Waals surface area contributed by atoms with E-state index in [9.17, 15) is 0 Å². The van der Waals surface area contributed by atoms with Gasteiger partial charge in [-0.05, 0) is 24.3 Å². The Labute approximate surface area is 132 Å². The van der Waals surface area contributed by atoms with Gasteiger partial charge < -0.3 is 0 Å². The van der Waals surface area contributed by atoms with E-state index in [1.54, 1.807) is 23.0 Å². The average Bonchev–Trinajstić information content (AvgIpc) is 3.07. The molecule has 0 aliphatic carbocycles. The molecule has 0 amide bonds. The molecule has 0 unspecified atom stereocenters. The van der Waals surface area contributed by atoms with E-state index in [4.69, 9.17) is 5.26 Å². The van der Waals surface area contributed by atoms with Crippen LogP contribution in [0.15, 0.2) is 67.1 Å². The maximum atomic E-state index is 8.91. The summed E-state index contributed by atoms with van der Waals surface area (Å²) in [6, 6.07) is 19.3. The molecule has 5 nitrogen and oxygen atoms in total. The smallest absolute Gasteiger partial charge is 0.166 e.